The monoisotopic (exact) mass is 277 g/mol. The first-order valence-electron chi connectivity index (χ1n) is 5.67. The number of hydrogen-bond donors (Lipinski definition) is 0. The molecule has 0 bridgehead atoms. The number of carbonyl (C=O) groups excluding carboxylic acids is 1. The summed E-state index contributed by atoms with van der Waals surface area (Å²) in [5, 5.41) is 0.942. The molecule has 1 aliphatic rings. The van der Waals surface area contributed by atoms with E-state index in [9.17, 15) is 4.79 Å². The highest BCUT2D eigenvalue weighted by molar-refractivity contribution is 9.09. The smallest absolute Gasteiger partial charge is 0.251 e. The zero-order valence-electron chi connectivity index (χ0n) is 9.54. The average molecular weight is 278 g/mol. The molecule has 1 amide bonds. The summed E-state index contributed by atoms with van der Waals surface area (Å²) in [6, 6.07) is 0. The van der Waals surface area contributed by atoms with Crippen molar-refractivity contribution in [2.24, 2.45) is 5.92 Å². The van der Waals surface area contributed by atoms with Gasteiger partial charge < -0.3 is 9.64 Å². The molecule has 0 aromatic carbocycles. The van der Waals surface area contributed by atoms with Crippen LogP contribution in [0.25, 0.3) is 0 Å². The first-order chi connectivity index (χ1) is 7.20. The molecule has 0 aromatic heterocycles. The summed E-state index contributed by atoms with van der Waals surface area (Å²) >= 11 is 3.38. The molecule has 1 saturated heterocycles. The van der Waals surface area contributed by atoms with Gasteiger partial charge in [0.05, 0.1) is 0 Å². The normalized spacial score (nSPS) is 25.5. The van der Waals surface area contributed by atoms with Crippen LogP contribution in [0.15, 0.2) is 0 Å². The standard InChI is InChI=1S/C11H20BrNO2/c1-3-13(7-4-6-12)11(14)10-9(2)5-8-15-10/h9-10H,3-8H2,1-2H3. The summed E-state index contributed by atoms with van der Waals surface area (Å²) in [5.74, 6) is 0.541. The van der Waals surface area contributed by atoms with E-state index in [1.807, 2.05) is 11.8 Å². The number of nitrogens with zero attached hydrogens (tertiary/aromatic N) is 1. The van der Waals surface area contributed by atoms with Crippen LogP contribution in [0.1, 0.15) is 26.7 Å². The average Bonchev–Trinajstić information content (AvgIpc) is 2.65. The van der Waals surface area contributed by atoms with Crippen LogP contribution in [0.2, 0.25) is 0 Å². The van der Waals surface area contributed by atoms with Gasteiger partial charge in [0.15, 0.2) is 0 Å². The SMILES string of the molecule is CCN(CCCBr)C(=O)C1OCCC1C. The molecule has 4 heteroatoms. The number of rotatable bonds is 5. The van der Waals surface area contributed by atoms with Crippen LogP contribution in [0, 0.1) is 5.92 Å². The Morgan fingerprint density at radius 2 is 2.33 bits per heavy atom. The second-order valence-electron chi connectivity index (χ2n) is 4.02. The van der Waals surface area contributed by atoms with Crippen LogP contribution in [0.5, 0.6) is 0 Å². The first-order valence-corrected chi connectivity index (χ1v) is 6.79. The molecule has 88 valence electrons. The fraction of sp³-hybridized carbons (Fsp3) is 0.909. The van der Waals surface area contributed by atoms with E-state index in [1.54, 1.807) is 0 Å². The Morgan fingerprint density at radius 3 is 2.80 bits per heavy atom. The van der Waals surface area contributed by atoms with Gasteiger partial charge in [0.25, 0.3) is 5.91 Å². The van der Waals surface area contributed by atoms with Gasteiger partial charge in [-0.3, -0.25) is 4.79 Å². The van der Waals surface area contributed by atoms with Crippen LogP contribution in [0.4, 0.5) is 0 Å². The summed E-state index contributed by atoms with van der Waals surface area (Å²) in [6.07, 6.45) is 1.81. The number of hydrogen-bond acceptors (Lipinski definition) is 2. The minimum Gasteiger partial charge on any atom is -0.368 e. The van der Waals surface area contributed by atoms with E-state index in [4.69, 9.17) is 4.74 Å². The highest BCUT2D eigenvalue weighted by Crippen LogP contribution is 2.21. The molecule has 1 aliphatic heterocycles. The second-order valence-corrected chi connectivity index (χ2v) is 4.81. The van der Waals surface area contributed by atoms with Crippen LogP contribution in [-0.2, 0) is 9.53 Å². The molecule has 1 fully saturated rings. The van der Waals surface area contributed by atoms with Gasteiger partial charge in [-0.05, 0) is 25.7 Å². The number of alkyl halides is 1. The lowest BCUT2D eigenvalue weighted by Crippen LogP contribution is -2.41. The minimum atomic E-state index is -0.194. The minimum absolute atomic E-state index is 0.170. The predicted octanol–water partition coefficient (Wildman–Crippen LogP) is 2.04. The number of ether oxygens (including phenoxy) is 1. The van der Waals surface area contributed by atoms with Crippen molar-refractivity contribution in [2.45, 2.75) is 32.8 Å². The summed E-state index contributed by atoms with van der Waals surface area (Å²) in [7, 11) is 0. The predicted molar refractivity (Wildman–Crippen MR) is 64.2 cm³/mol. The zero-order chi connectivity index (χ0) is 11.3. The van der Waals surface area contributed by atoms with Crippen molar-refractivity contribution >= 4 is 21.8 Å². The van der Waals surface area contributed by atoms with Gasteiger partial charge in [0, 0.05) is 25.0 Å². The van der Waals surface area contributed by atoms with Gasteiger partial charge in [-0.15, -0.1) is 0 Å². The zero-order valence-corrected chi connectivity index (χ0v) is 11.1. The van der Waals surface area contributed by atoms with E-state index in [2.05, 4.69) is 22.9 Å². The van der Waals surface area contributed by atoms with E-state index in [0.717, 1.165) is 37.9 Å². The highest BCUT2D eigenvalue weighted by Gasteiger charge is 2.33. The number of amides is 1. The van der Waals surface area contributed by atoms with E-state index >= 15 is 0 Å². The molecule has 0 saturated carbocycles. The Balaban J connectivity index is 2.48. The lowest BCUT2D eigenvalue weighted by atomic mass is 10.0. The molecule has 15 heavy (non-hydrogen) atoms. The second kappa shape index (κ2) is 6.48. The third-order valence-electron chi connectivity index (χ3n) is 2.89. The molecule has 0 spiro atoms. The molecular formula is C11H20BrNO2. The number of halogens is 1. The molecule has 2 unspecified atom stereocenters. The quantitative estimate of drug-likeness (QED) is 0.720. The molecule has 3 nitrogen and oxygen atoms in total. The van der Waals surface area contributed by atoms with Gasteiger partial charge in [0.2, 0.25) is 0 Å². The summed E-state index contributed by atoms with van der Waals surface area (Å²) in [4.78, 5) is 14.0. The largest absolute Gasteiger partial charge is 0.368 e. The Bertz CT molecular complexity index is 211. The van der Waals surface area contributed by atoms with Crippen molar-refractivity contribution < 1.29 is 9.53 Å². The maximum absolute atomic E-state index is 12.1. The van der Waals surface area contributed by atoms with E-state index in [1.165, 1.54) is 0 Å². The Kier molecular flexibility index (Phi) is 5.61. The van der Waals surface area contributed by atoms with Crippen LogP contribution in [0.3, 0.4) is 0 Å². The van der Waals surface area contributed by atoms with Crippen molar-refractivity contribution in [3.63, 3.8) is 0 Å². The Hall–Kier alpha value is -0.0900. The topological polar surface area (TPSA) is 29.5 Å². The first kappa shape index (κ1) is 13.0. The summed E-state index contributed by atoms with van der Waals surface area (Å²) < 4.78 is 5.49. The fourth-order valence-corrected chi connectivity index (χ4v) is 2.12. The number of likely N-dealkylation sites (N-methyl/N-ethyl adjacent to an activating group) is 1. The fourth-order valence-electron chi connectivity index (χ4n) is 1.87. The molecule has 2 atom stereocenters. The lowest BCUT2D eigenvalue weighted by Gasteiger charge is -2.25. The third-order valence-corrected chi connectivity index (χ3v) is 3.45. The van der Waals surface area contributed by atoms with Crippen molar-refractivity contribution in [2.75, 3.05) is 25.0 Å². The lowest BCUT2D eigenvalue weighted by molar-refractivity contribution is -0.142. The molecule has 1 rings (SSSR count). The molecule has 0 aliphatic carbocycles. The Labute approximate surface area is 100 Å². The van der Waals surface area contributed by atoms with Crippen molar-refractivity contribution in [3.05, 3.63) is 0 Å². The maximum atomic E-state index is 12.1. The number of carbonyl (C=O) groups is 1. The summed E-state index contributed by atoms with van der Waals surface area (Å²) in [6.45, 7) is 6.44. The molecule has 1 heterocycles. The molecule has 0 N–H and O–H groups in total. The van der Waals surface area contributed by atoms with E-state index in [0.29, 0.717) is 5.92 Å². The van der Waals surface area contributed by atoms with Gasteiger partial charge in [-0.25, -0.2) is 0 Å². The maximum Gasteiger partial charge on any atom is 0.251 e. The van der Waals surface area contributed by atoms with Crippen molar-refractivity contribution in [1.29, 1.82) is 0 Å². The molecule has 0 radical (unpaired) electrons. The van der Waals surface area contributed by atoms with Crippen LogP contribution in [-0.4, -0.2) is 41.9 Å². The van der Waals surface area contributed by atoms with Gasteiger partial charge in [-0.1, -0.05) is 22.9 Å². The van der Waals surface area contributed by atoms with Crippen molar-refractivity contribution in [3.8, 4) is 0 Å². The summed E-state index contributed by atoms with van der Waals surface area (Å²) in [5.41, 5.74) is 0. The van der Waals surface area contributed by atoms with Gasteiger partial charge in [-0.2, -0.15) is 0 Å². The highest BCUT2D eigenvalue weighted by atomic mass is 79.9. The van der Waals surface area contributed by atoms with Gasteiger partial charge >= 0.3 is 0 Å². The van der Waals surface area contributed by atoms with Crippen LogP contribution >= 0.6 is 15.9 Å². The van der Waals surface area contributed by atoms with Crippen molar-refractivity contribution in [1.82, 2.24) is 4.90 Å². The molecular weight excluding hydrogens is 258 g/mol. The molecule has 0 aromatic rings. The van der Waals surface area contributed by atoms with E-state index < -0.39 is 0 Å². The third kappa shape index (κ3) is 3.45. The van der Waals surface area contributed by atoms with Crippen LogP contribution < -0.4 is 0 Å². The Morgan fingerprint density at radius 1 is 1.60 bits per heavy atom. The van der Waals surface area contributed by atoms with E-state index in [-0.39, 0.29) is 12.0 Å². The van der Waals surface area contributed by atoms with Gasteiger partial charge in [0.1, 0.15) is 6.10 Å².